The summed E-state index contributed by atoms with van der Waals surface area (Å²) in [5, 5.41) is 8.46. The lowest BCUT2D eigenvalue weighted by Crippen LogP contribution is -2.59. The Bertz CT molecular complexity index is 1020. The van der Waals surface area contributed by atoms with Crippen molar-refractivity contribution in [3.63, 3.8) is 0 Å². The van der Waals surface area contributed by atoms with Gasteiger partial charge in [-0.3, -0.25) is 4.79 Å². The molecule has 2 atom stereocenters. The van der Waals surface area contributed by atoms with Crippen LogP contribution < -0.4 is 15.8 Å². The Morgan fingerprint density at radius 1 is 1.46 bits per heavy atom. The standard InChI is InChI=1S/C18H19F2N5O2S/c1-27-10-4-5-14-11(7-22-25(14)8-10)13-9-28-17(23-13)16(26)24-15-12(21)3-2-6-18(15,19)20/h4-5,7-9,12,15H,2-3,6,21H2,1H3,(H,24,26). The first kappa shape index (κ1) is 18.8. The minimum atomic E-state index is -3.02. The number of rotatable bonds is 4. The topological polar surface area (TPSA) is 94.5 Å². The third-order valence-electron chi connectivity index (χ3n) is 4.92. The molecule has 7 nitrogen and oxygen atoms in total. The van der Waals surface area contributed by atoms with Crippen LogP contribution in [-0.2, 0) is 0 Å². The second-order valence-corrected chi connectivity index (χ2v) is 7.62. The number of methoxy groups -OCH3 is 1. The summed E-state index contributed by atoms with van der Waals surface area (Å²) >= 11 is 1.09. The van der Waals surface area contributed by atoms with Gasteiger partial charge in [-0.2, -0.15) is 5.10 Å². The van der Waals surface area contributed by atoms with Crippen molar-refractivity contribution in [3.05, 3.63) is 34.9 Å². The van der Waals surface area contributed by atoms with Crippen LogP contribution in [0.2, 0.25) is 0 Å². The summed E-state index contributed by atoms with van der Waals surface area (Å²) < 4.78 is 35.1. The van der Waals surface area contributed by atoms with Gasteiger partial charge in [-0.1, -0.05) is 0 Å². The number of nitrogens with zero attached hydrogens (tertiary/aromatic N) is 3. The molecule has 0 aliphatic heterocycles. The zero-order valence-corrected chi connectivity index (χ0v) is 15.9. The van der Waals surface area contributed by atoms with E-state index in [0.29, 0.717) is 24.3 Å². The van der Waals surface area contributed by atoms with E-state index in [-0.39, 0.29) is 11.4 Å². The quantitative estimate of drug-likeness (QED) is 0.694. The maximum atomic E-state index is 14.1. The van der Waals surface area contributed by atoms with Crippen LogP contribution >= 0.6 is 11.3 Å². The molecule has 1 amide bonds. The molecule has 0 bridgehead atoms. The summed E-state index contributed by atoms with van der Waals surface area (Å²) in [4.78, 5) is 16.8. The molecule has 3 aromatic rings. The monoisotopic (exact) mass is 407 g/mol. The Morgan fingerprint density at radius 2 is 2.29 bits per heavy atom. The number of amides is 1. The molecule has 1 saturated carbocycles. The normalized spacial score (nSPS) is 21.6. The smallest absolute Gasteiger partial charge is 0.280 e. The van der Waals surface area contributed by atoms with Crippen LogP contribution in [0.25, 0.3) is 16.8 Å². The Balaban J connectivity index is 1.57. The molecule has 0 radical (unpaired) electrons. The molecule has 0 spiro atoms. The molecule has 0 aromatic carbocycles. The van der Waals surface area contributed by atoms with Crippen LogP contribution in [0.1, 0.15) is 29.1 Å². The van der Waals surface area contributed by atoms with Gasteiger partial charge in [-0.15, -0.1) is 11.3 Å². The maximum absolute atomic E-state index is 14.1. The number of thiazole rings is 1. The van der Waals surface area contributed by atoms with Gasteiger partial charge in [0.2, 0.25) is 0 Å². The lowest BCUT2D eigenvalue weighted by atomic mass is 9.87. The first-order valence-electron chi connectivity index (χ1n) is 8.80. The van der Waals surface area contributed by atoms with Gasteiger partial charge in [0, 0.05) is 23.4 Å². The molecule has 3 N–H and O–H groups in total. The summed E-state index contributed by atoms with van der Waals surface area (Å²) in [5.41, 5.74) is 7.89. The predicted octanol–water partition coefficient (Wildman–Crippen LogP) is 2.71. The number of alkyl halides is 2. The van der Waals surface area contributed by atoms with Crippen LogP contribution in [0.5, 0.6) is 5.75 Å². The number of carbonyl (C=O) groups excluding carboxylic acids is 1. The second kappa shape index (κ2) is 7.10. The fourth-order valence-corrected chi connectivity index (χ4v) is 4.13. The van der Waals surface area contributed by atoms with E-state index >= 15 is 0 Å². The van der Waals surface area contributed by atoms with Crippen LogP contribution in [-0.4, -0.2) is 45.6 Å². The highest BCUT2D eigenvalue weighted by molar-refractivity contribution is 7.12. The van der Waals surface area contributed by atoms with E-state index in [1.165, 1.54) is 0 Å². The molecule has 1 aliphatic rings. The highest BCUT2D eigenvalue weighted by Gasteiger charge is 2.46. The van der Waals surface area contributed by atoms with Crippen molar-refractivity contribution in [2.45, 2.75) is 37.3 Å². The number of ether oxygens (including phenoxy) is 1. The Morgan fingerprint density at radius 3 is 3.04 bits per heavy atom. The molecule has 1 aliphatic carbocycles. The van der Waals surface area contributed by atoms with E-state index in [1.54, 1.807) is 35.5 Å². The van der Waals surface area contributed by atoms with Crippen LogP contribution in [0.3, 0.4) is 0 Å². The van der Waals surface area contributed by atoms with Gasteiger partial charge in [-0.05, 0) is 25.0 Å². The molecule has 10 heteroatoms. The van der Waals surface area contributed by atoms with Crippen molar-refractivity contribution >= 4 is 22.8 Å². The number of aromatic nitrogens is 3. The Hall–Kier alpha value is -2.59. The van der Waals surface area contributed by atoms with E-state index in [9.17, 15) is 13.6 Å². The fourth-order valence-electron chi connectivity index (χ4n) is 3.41. The van der Waals surface area contributed by atoms with Gasteiger partial charge < -0.3 is 15.8 Å². The van der Waals surface area contributed by atoms with Gasteiger partial charge in [0.15, 0.2) is 5.01 Å². The van der Waals surface area contributed by atoms with Crippen molar-refractivity contribution in [3.8, 4) is 17.0 Å². The third-order valence-corrected chi connectivity index (χ3v) is 5.76. The molecule has 2 unspecified atom stereocenters. The molecular weight excluding hydrogens is 388 g/mol. The summed E-state index contributed by atoms with van der Waals surface area (Å²) in [6.07, 6.45) is 3.89. The largest absolute Gasteiger partial charge is 0.495 e. The van der Waals surface area contributed by atoms with E-state index in [1.807, 2.05) is 6.07 Å². The number of pyridine rings is 1. The van der Waals surface area contributed by atoms with E-state index < -0.39 is 23.9 Å². The molecule has 3 heterocycles. The van der Waals surface area contributed by atoms with Gasteiger partial charge in [0.1, 0.15) is 11.8 Å². The van der Waals surface area contributed by atoms with Crippen molar-refractivity contribution in [1.29, 1.82) is 0 Å². The van der Waals surface area contributed by atoms with Crippen molar-refractivity contribution in [2.75, 3.05) is 7.11 Å². The first-order valence-corrected chi connectivity index (χ1v) is 9.68. The summed E-state index contributed by atoms with van der Waals surface area (Å²) in [7, 11) is 1.57. The van der Waals surface area contributed by atoms with Gasteiger partial charge >= 0.3 is 0 Å². The third kappa shape index (κ3) is 3.33. The van der Waals surface area contributed by atoms with Crippen LogP contribution in [0.15, 0.2) is 29.9 Å². The lowest BCUT2D eigenvalue weighted by Gasteiger charge is -2.36. The SMILES string of the molecule is COc1ccc2c(-c3csc(C(=O)NC4C(N)CCCC4(F)F)n3)cnn2c1. The highest BCUT2D eigenvalue weighted by Crippen LogP contribution is 2.33. The van der Waals surface area contributed by atoms with Gasteiger partial charge in [-0.25, -0.2) is 18.3 Å². The minimum absolute atomic E-state index is 0.108. The average molecular weight is 407 g/mol. The number of nitrogens with one attached hydrogen (secondary N) is 1. The minimum Gasteiger partial charge on any atom is -0.495 e. The van der Waals surface area contributed by atoms with Gasteiger partial charge in [0.25, 0.3) is 11.8 Å². The second-order valence-electron chi connectivity index (χ2n) is 6.76. The number of halogens is 2. The van der Waals surface area contributed by atoms with Crippen molar-refractivity contribution in [2.24, 2.45) is 5.73 Å². The number of carbonyl (C=O) groups is 1. The highest BCUT2D eigenvalue weighted by atomic mass is 32.1. The van der Waals surface area contributed by atoms with Gasteiger partial charge in [0.05, 0.1) is 30.7 Å². The molecule has 0 saturated heterocycles. The number of hydrogen-bond acceptors (Lipinski definition) is 6. The molecule has 3 aromatic heterocycles. The lowest BCUT2D eigenvalue weighted by molar-refractivity contribution is -0.0674. The first-order chi connectivity index (χ1) is 13.4. The molecular formula is C18H19F2N5O2S. The van der Waals surface area contributed by atoms with Crippen LogP contribution in [0, 0.1) is 0 Å². The molecule has 4 rings (SSSR count). The van der Waals surface area contributed by atoms with E-state index in [2.05, 4.69) is 15.4 Å². The Kier molecular flexibility index (Phi) is 4.76. The summed E-state index contributed by atoms with van der Waals surface area (Å²) in [6.45, 7) is 0. The number of fused-ring (bicyclic) bond motifs is 1. The summed E-state index contributed by atoms with van der Waals surface area (Å²) in [5.74, 6) is -3.00. The zero-order chi connectivity index (χ0) is 19.9. The van der Waals surface area contributed by atoms with Crippen LogP contribution in [0.4, 0.5) is 8.78 Å². The molecule has 28 heavy (non-hydrogen) atoms. The number of hydrogen-bond donors (Lipinski definition) is 2. The predicted molar refractivity (Wildman–Crippen MR) is 101 cm³/mol. The maximum Gasteiger partial charge on any atom is 0.280 e. The van der Waals surface area contributed by atoms with Crippen molar-refractivity contribution < 1.29 is 18.3 Å². The average Bonchev–Trinajstić information content (AvgIpc) is 3.30. The van der Waals surface area contributed by atoms with E-state index in [4.69, 9.17) is 10.5 Å². The number of nitrogens with two attached hydrogens (primary N) is 1. The van der Waals surface area contributed by atoms with Crippen molar-refractivity contribution in [1.82, 2.24) is 19.9 Å². The molecule has 148 valence electrons. The summed E-state index contributed by atoms with van der Waals surface area (Å²) in [6, 6.07) is 1.47. The molecule has 1 fully saturated rings. The van der Waals surface area contributed by atoms with E-state index in [0.717, 1.165) is 22.4 Å². The fraction of sp³-hybridized carbons (Fsp3) is 0.389. The zero-order valence-electron chi connectivity index (χ0n) is 15.1. The Labute approximate surface area is 163 Å².